The maximum atomic E-state index is 3.73. The highest BCUT2D eigenvalue weighted by Crippen LogP contribution is 2.22. The minimum absolute atomic E-state index is 0.462. The summed E-state index contributed by atoms with van der Waals surface area (Å²) in [5.74, 6) is 0. The first-order valence-corrected chi connectivity index (χ1v) is 6.44. The third-order valence-corrected chi connectivity index (χ3v) is 2.82. The molecule has 1 N–H and O–H groups in total. The maximum Gasteiger partial charge on any atom is 0.000252 e. The molecule has 0 unspecified atom stereocenters. The van der Waals surface area contributed by atoms with Gasteiger partial charge in [0.1, 0.15) is 0 Å². The molecule has 0 saturated carbocycles. The number of allylic oxidation sites excluding steroid dienone is 1. The van der Waals surface area contributed by atoms with Crippen LogP contribution < -0.4 is 5.32 Å². The van der Waals surface area contributed by atoms with Crippen LogP contribution in [-0.4, -0.2) is 13.1 Å². The van der Waals surface area contributed by atoms with Crippen LogP contribution in [0, 0.1) is 5.41 Å². The Morgan fingerprint density at radius 1 is 1.20 bits per heavy atom. The molecule has 0 aliphatic heterocycles. The predicted octanol–water partition coefficient (Wildman–Crippen LogP) is 4.15. The SMILES string of the molecule is C=CCCCNCC(C)(C)CCCCC. The highest BCUT2D eigenvalue weighted by Gasteiger charge is 2.15. The van der Waals surface area contributed by atoms with E-state index in [0.29, 0.717) is 5.41 Å². The Labute approximate surface area is 96.3 Å². The van der Waals surface area contributed by atoms with Gasteiger partial charge in [0.15, 0.2) is 0 Å². The smallest absolute Gasteiger partial charge is 0.000252 e. The third kappa shape index (κ3) is 9.99. The predicted molar refractivity (Wildman–Crippen MR) is 70.2 cm³/mol. The van der Waals surface area contributed by atoms with Gasteiger partial charge < -0.3 is 5.32 Å². The van der Waals surface area contributed by atoms with Crippen LogP contribution in [0.1, 0.15) is 59.3 Å². The van der Waals surface area contributed by atoms with Gasteiger partial charge in [0, 0.05) is 6.54 Å². The fourth-order valence-electron chi connectivity index (χ4n) is 1.74. The molecule has 90 valence electrons. The van der Waals surface area contributed by atoms with Gasteiger partial charge in [0.05, 0.1) is 0 Å². The van der Waals surface area contributed by atoms with Gasteiger partial charge in [-0.15, -0.1) is 6.58 Å². The lowest BCUT2D eigenvalue weighted by Gasteiger charge is -2.25. The molecule has 0 aromatic carbocycles. The second kappa shape index (κ2) is 8.96. The van der Waals surface area contributed by atoms with Gasteiger partial charge in [-0.05, 0) is 31.2 Å². The Hall–Kier alpha value is -0.300. The first-order chi connectivity index (χ1) is 7.12. The fourth-order valence-corrected chi connectivity index (χ4v) is 1.74. The van der Waals surface area contributed by atoms with E-state index in [1.165, 1.54) is 32.1 Å². The van der Waals surface area contributed by atoms with Crippen molar-refractivity contribution in [2.24, 2.45) is 5.41 Å². The standard InChI is InChI=1S/C14H29N/c1-5-7-9-11-14(3,4)13-15-12-10-8-6-2/h6,15H,2,5,7-13H2,1,3-4H3. The van der Waals surface area contributed by atoms with Crippen LogP contribution in [0.15, 0.2) is 12.7 Å². The van der Waals surface area contributed by atoms with Gasteiger partial charge in [0.2, 0.25) is 0 Å². The molecule has 15 heavy (non-hydrogen) atoms. The summed E-state index contributed by atoms with van der Waals surface area (Å²) >= 11 is 0. The zero-order valence-corrected chi connectivity index (χ0v) is 10.9. The van der Waals surface area contributed by atoms with Crippen molar-refractivity contribution < 1.29 is 0 Å². The zero-order valence-electron chi connectivity index (χ0n) is 10.9. The number of hydrogen-bond donors (Lipinski definition) is 1. The molecule has 0 aromatic rings. The van der Waals surface area contributed by atoms with E-state index < -0.39 is 0 Å². The molecule has 0 heterocycles. The molecule has 0 spiro atoms. The molecular formula is C14H29N. The molecule has 0 aromatic heterocycles. The molecule has 1 nitrogen and oxygen atoms in total. The Bertz CT molecular complexity index is 149. The van der Waals surface area contributed by atoms with Gasteiger partial charge in [0.25, 0.3) is 0 Å². The topological polar surface area (TPSA) is 12.0 Å². The molecule has 0 atom stereocenters. The maximum absolute atomic E-state index is 3.73. The van der Waals surface area contributed by atoms with Crippen LogP contribution in [-0.2, 0) is 0 Å². The number of hydrogen-bond acceptors (Lipinski definition) is 1. The van der Waals surface area contributed by atoms with Crippen molar-refractivity contribution in [2.45, 2.75) is 59.3 Å². The third-order valence-electron chi connectivity index (χ3n) is 2.82. The summed E-state index contributed by atoms with van der Waals surface area (Å²) in [4.78, 5) is 0. The van der Waals surface area contributed by atoms with E-state index in [1.54, 1.807) is 0 Å². The lowest BCUT2D eigenvalue weighted by molar-refractivity contribution is 0.302. The Balaban J connectivity index is 3.41. The minimum atomic E-state index is 0.462. The van der Waals surface area contributed by atoms with Crippen molar-refractivity contribution in [1.29, 1.82) is 0 Å². The van der Waals surface area contributed by atoms with Crippen molar-refractivity contribution in [3.63, 3.8) is 0 Å². The summed E-state index contributed by atoms with van der Waals surface area (Å²) in [6.45, 7) is 13.0. The highest BCUT2D eigenvalue weighted by molar-refractivity contribution is 4.72. The average molecular weight is 211 g/mol. The molecule has 0 aliphatic rings. The Morgan fingerprint density at radius 2 is 1.93 bits per heavy atom. The fraction of sp³-hybridized carbons (Fsp3) is 0.857. The van der Waals surface area contributed by atoms with Gasteiger partial charge >= 0.3 is 0 Å². The largest absolute Gasteiger partial charge is 0.316 e. The van der Waals surface area contributed by atoms with Crippen molar-refractivity contribution >= 4 is 0 Å². The second-order valence-electron chi connectivity index (χ2n) is 5.23. The summed E-state index contributed by atoms with van der Waals surface area (Å²) in [5, 5.41) is 3.54. The minimum Gasteiger partial charge on any atom is -0.316 e. The normalized spacial score (nSPS) is 11.7. The van der Waals surface area contributed by atoms with Gasteiger partial charge in [-0.1, -0.05) is 46.1 Å². The Kier molecular flexibility index (Phi) is 8.79. The number of nitrogens with one attached hydrogen (secondary N) is 1. The average Bonchev–Trinajstić information content (AvgIpc) is 2.17. The molecule has 0 saturated heterocycles. The van der Waals surface area contributed by atoms with E-state index >= 15 is 0 Å². The van der Waals surface area contributed by atoms with Gasteiger partial charge in [-0.2, -0.15) is 0 Å². The summed E-state index contributed by atoms with van der Waals surface area (Å²) < 4.78 is 0. The molecule has 0 bridgehead atoms. The Morgan fingerprint density at radius 3 is 2.53 bits per heavy atom. The second-order valence-corrected chi connectivity index (χ2v) is 5.23. The first kappa shape index (κ1) is 14.7. The van der Waals surface area contributed by atoms with E-state index in [4.69, 9.17) is 0 Å². The van der Waals surface area contributed by atoms with Crippen LogP contribution in [0.2, 0.25) is 0 Å². The van der Waals surface area contributed by atoms with E-state index in [0.717, 1.165) is 19.5 Å². The molecular weight excluding hydrogens is 182 g/mol. The first-order valence-electron chi connectivity index (χ1n) is 6.44. The lowest BCUT2D eigenvalue weighted by atomic mass is 9.87. The summed E-state index contributed by atoms with van der Waals surface area (Å²) in [6, 6.07) is 0. The highest BCUT2D eigenvalue weighted by atomic mass is 14.9. The summed E-state index contributed by atoms with van der Waals surface area (Å²) in [7, 11) is 0. The van der Waals surface area contributed by atoms with Crippen molar-refractivity contribution in [3.05, 3.63) is 12.7 Å². The number of unbranched alkanes of at least 4 members (excludes halogenated alkanes) is 3. The monoisotopic (exact) mass is 211 g/mol. The van der Waals surface area contributed by atoms with Crippen LogP contribution in [0.4, 0.5) is 0 Å². The quantitative estimate of drug-likeness (QED) is 0.423. The molecule has 1 heteroatoms. The van der Waals surface area contributed by atoms with E-state index in [9.17, 15) is 0 Å². The number of rotatable bonds is 10. The molecule has 0 aliphatic carbocycles. The van der Waals surface area contributed by atoms with E-state index in [-0.39, 0.29) is 0 Å². The zero-order chi connectivity index (χ0) is 11.6. The summed E-state index contributed by atoms with van der Waals surface area (Å²) in [5.41, 5.74) is 0.462. The summed E-state index contributed by atoms with van der Waals surface area (Å²) in [6.07, 6.45) is 9.75. The van der Waals surface area contributed by atoms with Crippen LogP contribution in [0.3, 0.4) is 0 Å². The van der Waals surface area contributed by atoms with E-state index in [1.807, 2.05) is 6.08 Å². The van der Waals surface area contributed by atoms with Crippen LogP contribution in [0.25, 0.3) is 0 Å². The molecule has 0 rings (SSSR count). The van der Waals surface area contributed by atoms with Gasteiger partial charge in [-0.3, -0.25) is 0 Å². The van der Waals surface area contributed by atoms with Crippen molar-refractivity contribution in [3.8, 4) is 0 Å². The molecule has 0 fully saturated rings. The van der Waals surface area contributed by atoms with Crippen molar-refractivity contribution in [1.82, 2.24) is 5.32 Å². The van der Waals surface area contributed by atoms with Crippen molar-refractivity contribution in [2.75, 3.05) is 13.1 Å². The molecule has 0 radical (unpaired) electrons. The van der Waals surface area contributed by atoms with Crippen LogP contribution in [0.5, 0.6) is 0 Å². The van der Waals surface area contributed by atoms with Crippen LogP contribution >= 0.6 is 0 Å². The molecule has 0 amide bonds. The van der Waals surface area contributed by atoms with E-state index in [2.05, 4.69) is 32.7 Å². The van der Waals surface area contributed by atoms with Gasteiger partial charge in [-0.25, -0.2) is 0 Å². The lowest BCUT2D eigenvalue weighted by Crippen LogP contribution is -2.30.